The number of carbonyl (C=O) groups excluding carboxylic acids is 1. The maximum atomic E-state index is 7.75. The summed E-state index contributed by atoms with van der Waals surface area (Å²) in [5, 5.41) is 0. The Balaban J connectivity index is -0.000000000111. The average molecular weight is 538 g/mol. The van der Waals surface area contributed by atoms with Crippen LogP contribution in [0, 0.1) is 0 Å². The van der Waals surface area contributed by atoms with Gasteiger partial charge in [0.1, 0.15) is 0 Å². The zero-order valence-electron chi connectivity index (χ0n) is 5.46. The van der Waals surface area contributed by atoms with Crippen LogP contribution in [0.25, 0.3) is 0 Å². The second-order valence-electron chi connectivity index (χ2n) is 0. The SMILES string of the molecule is [CH-]=O.[V].[V].[V].[V].[V].[V].[V].[V].[V].[V]. The Morgan fingerprint density at radius 1 is 0.333 bits per heavy atom. The van der Waals surface area contributed by atoms with Gasteiger partial charge in [0.05, 0.1) is 0 Å². The summed E-state index contributed by atoms with van der Waals surface area (Å²) < 4.78 is 0. The van der Waals surface area contributed by atoms with Crippen molar-refractivity contribution in [1.82, 2.24) is 0 Å². The summed E-state index contributed by atoms with van der Waals surface area (Å²) in [6.07, 6.45) is 0. The predicted octanol–water partition coefficient (Wildman–Crippen LogP) is -0.299. The van der Waals surface area contributed by atoms with Gasteiger partial charge in [0.15, 0.2) is 0 Å². The van der Waals surface area contributed by atoms with E-state index in [4.69, 9.17) is 4.79 Å². The van der Waals surface area contributed by atoms with Crippen molar-refractivity contribution < 1.29 is 190 Å². The maximum Gasteiger partial charge on any atom is 0 e. The van der Waals surface area contributed by atoms with E-state index in [0.29, 0.717) is 0 Å². The minimum Gasteiger partial charge on any atom is -0.545 e. The van der Waals surface area contributed by atoms with Gasteiger partial charge in [0, 0.05) is 186 Å². The fourth-order valence-electron chi connectivity index (χ4n) is 0. The summed E-state index contributed by atoms with van der Waals surface area (Å²) in [6, 6.07) is 0. The van der Waals surface area contributed by atoms with Gasteiger partial charge in [0.25, 0.3) is 0 Å². The van der Waals surface area contributed by atoms with Crippen LogP contribution in [0.3, 0.4) is 0 Å². The first-order chi connectivity index (χ1) is 1.00. The number of hydrogen-bond donors (Lipinski definition) is 0. The molecule has 0 saturated carbocycles. The number of rotatable bonds is 0. The topological polar surface area (TPSA) is 17.1 Å². The van der Waals surface area contributed by atoms with E-state index in [1.54, 1.807) is 0 Å². The first-order valence-corrected chi connectivity index (χ1v) is 0.236. The van der Waals surface area contributed by atoms with Gasteiger partial charge in [-0.05, 0) is 0 Å². The van der Waals surface area contributed by atoms with Gasteiger partial charge in [0.2, 0.25) is 0 Å². The molecule has 0 fully saturated rings. The molecule has 0 heterocycles. The Kier molecular flexibility index (Phi) is 1230. The fourth-order valence-corrected chi connectivity index (χ4v) is 0. The van der Waals surface area contributed by atoms with Crippen LogP contribution in [0.15, 0.2) is 0 Å². The summed E-state index contributed by atoms with van der Waals surface area (Å²) in [5.74, 6) is 0. The molecule has 11 heteroatoms. The van der Waals surface area contributed by atoms with Crippen molar-refractivity contribution in [2.24, 2.45) is 0 Å². The monoisotopic (exact) mass is 538 g/mol. The summed E-state index contributed by atoms with van der Waals surface area (Å²) >= 11 is 0. The van der Waals surface area contributed by atoms with Crippen molar-refractivity contribution >= 4 is 6.79 Å². The predicted molar refractivity (Wildman–Crippen MR) is 6.75 cm³/mol. The minimum absolute atomic E-state index is 0. The minimum atomic E-state index is 0. The van der Waals surface area contributed by atoms with Gasteiger partial charge in [-0.3, -0.25) is 6.79 Å². The van der Waals surface area contributed by atoms with E-state index in [2.05, 4.69) is 6.79 Å². The molecule has 0 aromatic rings. The molecule has 10 radical (unpaired) electrons. The summed E-state index contributed by atoms with van der Waals surface area (Å²) in [6.45, 7) is 3.25. The zero-order valence-corrected chi connectivity index (χ0v) is 19.4. The van der Waals surface area contributed by atoms with Crippen molar-refractivity contribution in [1.29, 1.82) is 0 Å². The normalized spacial score (nSPS) is 0.333. The van der Waals surface area contributed by atoms with Gasteiger partial charge >= 0.3 is 0 Å². The molecule has 0 aliphatic carbocycles. The van der Waals surface area contributed by atoms with E-state index in [0.717, 1.165) is 0 Å². The second-order valence-corrected chi connectivity index (χ2v) is 0. The molecular weight excluding hydrogens is 537 g/mol. The molecule has 0 aromatic carbocycles. The van der Waals surface area contributed by atoms with E-state index in [9.17, 15) is 0 Å². The van der Waals surface area contributed by atoms with E-state index in [1.807, 2.05) is 0 Å². The van der Waals surface area contributed by atoms with Crippen molar-refractivity contribution in [3.8, 4) is 0 Å². The molecule has 0 amide bonds. The maximum absolute atomic E-state index is 7.75. The third-order valence-electron chi connectivity index (χ3n) is 0. The van der Waals surface area contributed by atoms with Gasteiger partial charge < -0.3 is 4.79 Å². The first-order valence-electron chi connectivity index (χ1n) is 0.236. The van der Waals surface area contributed by atoms with Crippen LogP contribution < -0.4 is 0 Å². The molecule has 0 aromatic heterocycles. The molecule has 0 aliphatic rings. The van der Waals surface area contributed by atoms with Crippen molar-refractivity contribution in [2.75, 3.05) is 0 Å². The van der Waals surface area contributed by atoms with Crippen LogP contribution in [0.4, 0.5) is 0 Å². The summed E-state index contributed by atoms with van der Waals surface area (Å²) in [7, 11) is 0. The van der Waals surface area contributed by atoms with Crippen LogP contribution in [0.1, 0.15) is 0 Å². The number of hydrogen-bond acceptors (Lipinski definition) is 1. The molecule has 0 saturated heterocycles. The van der Waals surface area contributed by atoms with Gasteiger partial charge in [-0.15, -0.1) is 0 Å². The third-order valence-corrected chi connectivity index (χ3v) is 0. The van der Waals surface area contributed by atoms with E-state index in [1.165, 1.54) is 0 Å². The Bertz CT molecular complexity index is 9.80. The smallest absolute Gasteiger partial charge is 0 e. The van der Waals surface area contributed by atoms with Crippen LogP contribution in [0.5, 0.6) is 0 Å². The summed E-state index contributed by atoms with van der Waals surface area (Å²) in [4.78, 5) is 7.75. The van der Waals surface area contributed by atoms with Gasteiger partial charge in [-0.2, -0.15) is 0 Å². The Morgan fingerprint density at radius 3 is 0.333 bits per heavy atom. The van der Waals surface area contributed by atoms with Gasteiger partial charge in [-0.1, -0.05) is 0 Å². The van der Waals surface area contributed by atoms with Crippen LogP contribution in [-0.2, 0) is 190 Å². The molecule has 0 bridgehead atoms. The third kappa shape index (κ3) is 107. The molecule has 0 spiro atoms. The molecule has 0 rings (SSSR count). The quantitative estimate of drug-likeness (QED) is 0.306. The van der Waals surface area contributed by atoms with Crippen molar-refractivity contribution in [3.05, 3.63) is 0 Å². The fraction of sp³-hybridized carbons (Fsp3) is 0. The standard InChI is InChI=1S/CHO.10V/c1-2;;;;;;;;;;/h1H;;;;;;;;;;/q-1;;;;;;;;;;. The van der Waals surface area contributed by atoms with E-state index < -0.39 is 0 Å². The Labute approximate surface area is 193 Å². The molecule has 12 heavy (non-hydrogen) atoms. The second kappa shape index (κ2) is 131. The first kappa shape index (κ1) is 113. The molecule has 0 unspecified atom stereocenters. The largest absolute Gasteiger partial charge is 0.545 e. The average Bonchev–Trinajstić information content (AvgIpc) is 1.00. The van der Waals surface area contributed by atoms with E-state index >= 15 is 0 Å². The molecular formula is CHOV10-. The van der Waals surface area contributed by atoms with Crippen LogP contribution >= 0.6 is 0 Å². The van der Waals surface area contributed by atoms with E-state index in [-0.39, 0.29) is 186 Å². The Morgan fingerprint density at radius 2 is 0.333 bits per heavy atom. The molecule has 62 valence electrons. The van der Waals surface area contributed by atoms with Crippen molar-refractivity contribution in [2.45, 2.75) is 0 Å². The van der Waals surface area contributed by atoms with Crippen molar-refractivity contribution in [3.63, 3.8) is 0 Å². The summed E-state index contributed by atoms with van der Waals surface area (Å²) in [5.41, 5.74) is 0. The molecule has 1 nitrogen and oxygen atoms in total. The van der Waals surface area contributed by atoms with Crippen LogP contribution in [-0.4, -0.2) is 6.79 Å². The zero-order chi connectivity index (χ0) is 2.00. The molecule has 0 N–H and O–H groups in total. The molecule has 0 atom stereocenters. The Hall–Kier alpha value is 5.51. The van der Waals surface area contributed by atoms with Gasteiger partial charge in [-0.25, -0.2) is 0 Å². The molecule has 0 aliphatic heterocycles. The van der Waals surface area contributed by atoms with Crippen LogP contribution in [0.2, 0.25) is 0 Å².